The summed E-state index contributed by atoms with van der Waals surface area (Å²) in [7, 11) is 0. The topological polar surface area (TPSA) is 115 Å². The van der Waals surface area contributed by atoms with Gasteiger partial charge in [0.2, 0.25) is 0 Å². The van der Waals surface area contributed by atoms with Crippen molar-refractivity contribution in [2.45, 2.75) is 26.4 Å². The molecule has 0 bridgehead atoms. The predicted molar refractivity (Wildman–Crippen MR) is 152 cm³/mol. The summed E-state index contributed by atoms with van der Waals surface area (Å²) in [5.41, 5.74) is 10.7. The second kappa shape index (κ2) is 10.3. The van der Waals surface area contributed by atoms with E-state index in [1.54, 1.807) is 34.8 Å². The summed E-state index contributed by atoms with van der Waals surface area (Å²) in [4.78, 5) is 26.6. The molecule has 0 radical (unpaired) electrons. The second-order valence-electron chi connectivity index (χ2n) is 8.50. The molecule has 0 aliphatic carbocycles. The Morgan fingerprint density at radius 3 is 2.46 bits per heavy atom. The Kier molecular flexibility index (Phi) is 6.96. The zero-order valence-electron chi connectivity index (χ0n) is 20.0. The molecule has 0 saturated carbocycles. The lowest BCUT2D eigenvalue weighted by atomic mass is 10.1. The molecular formula is C27H23N3O4S3. The number of carbonyl (C=O) groups is 2. The molecule has 37 heavy (non-hydrogen) atoms. The lowest BCUT2D eigenvalue weighted by molar-refractivity contribution is -0.136. The van der Waals surface area contributed by atoms with Gasteiger partial charge in [0.05, 0.1) is 27.6 Å². The number of carboxylic acids is 1. The van der Waals surface area contributed by atoms with E-state index in [1.807, 2.05) is 50.2 Å². The Morgan fingerprint density at radius 1 is 1.05 bits per heavy atom. The van der Waals surface area contributed by atoms with E-state index < -0.39 is 12.1 Å². The monoisotopic (exact) mass is 549 g/mol. The third-order valence-electron chi connectivity index (χ3n) is 5.81. The fraction of sp³-hybridized carbons (Fsp3) is 0.148. The predicted octanol–water partition coefficient (Wildman–Crippen LogP) is 7.58. The van der Waals surface area contributed by atoms with Crippen molar-refractivity contribution in [3.63, 3.8) is 0 Å². The number of hydrogen-bond acceptors (Lipinski definition) is 8. The molecule has 10 heteroatoms. The van der Waals surface area contributed by atoms with Crippen molar-refractivity contribution in [3.8, 4) is 20.2 Å². The SMILES string of the molecule is Cc1nsc(-c2cc3sc(-c4ccc(CC(=O)O)cc4N)cc3s2)c1NC(=O)OC(C)c1ccccc1. The van der Waals surface area contributed by atoms with Crippen LogP contribution in [0.3, 0.4) is 0 Å². The number of aliphatic carboxylic acids is 1. The molecule has 1 unspecified atom stereocenters. The summed E-state index contributed by atoms with van der Waals surface area (Å²) in [6, 6.07) is 19.2. The van der Waals surface area contributed by atoms with Crippen molar-refractivity contribution < 1.29 is 19.4 Å². The third-order valence-corrected chi connectivity index (χ3v) is 9.26. The van der Waals surface area contributed by atoms with Gasteiger partial charge >= 0.3 is 12.1 Å². The number of ether oxygens (including phenoxy) is 1. The quantitative estimate of drug-likeness (QED) is 0.180. The molecule has 5 aromatic rings. The number of thiophene rings is 2. The van der Waals surface area contributed by atoms with Crippen LogP contribution in [0.2, 0.25) is 0 Å². The average Bonchev–Trinajstić information content (AvgIpc) is 3.53. The molecule has 7 nitrogen and oxygen atoms in total. The Labute approximate surface area is 225 Å². The van der Waals surface area contributed by atoms with Crippen LogP contribution in [0.4, 0.5) is 16.2 Å². The number of nitrogens with zero attached hydrogens (tertiary/aromatic N) is 1. The smallest absolute Gasteiger partial charge is 0.412 e. The first kappa shape index (κ1) is 24.9. The molecule has 0 saturated heterocycles. The minimum atomic E-state index is -0.887. The lowest BCUT2D eigenvalue weighted by Crippen LogP contribution is -2.16. The number of fused-ring (bicyclic) bond motifs is 1. The molecule has 0 aliphatic rings. The van der Waals surface area contributed by atoms with Gasteiger partial charge in [-0.05, 0) is 54.7 Å². The minimum absolute atomic E-state index is 0.0588. The van der Waals surface area contributed by atoms with Gasteiger partial charge in [0.25, 0.3) is 0 Å². The highest BCUT2D eigenvalue weighted by molar-refractivity contribution is 7.32. The number of benzene rings is 2. The van der Waals surface area contributed by atoms with Crippen LogP contribution in [0.1, 0.15) is 29.8 Å². The van der Waals surface area contributed by atoms with Crippen molar-refractivity contribution in [2.24, 2.45) is 0 Å². The maximum absolute atomic E-state index is 12.7. The summed E-state index contributed by atoms with van der Waals surface area (Å²) in [5.74, 6) is -0.887. The molecular weight excluding hydrogens is 527 g/mol. The summed E-state index contributed by atoms with van der Waals surface area (Å²) in [6.45, 7) is 3.70. The van der Waals surface area contributed by atoms with Gasteiger partial charge < -0.3 is 15.6 Å². The summed E-state index contributed by atoms with van der Waals surface area (Å²) in [5, 5.41) is 11.9. The van der Waals surface area contributed by atoms with Gasteiger partial charge in [-0.25, -0.2) is 4.79 Å². The molecule has 1 amide bonds. The molecule has 0 spiro atoms. The third kappa shape index (κ3) is 5.36. The number of aryl methyl sites for hydroxylation is 1. The Balaban J connectivity index is 1.36. The van der Waals surface area contributed by atoms with Crippen LogP contribution < -0.4 is 11.1 Å². The number of aromatic nitrogens is 1. The first-order valence-electron chi connectivity index (χ1n) is 11.4. The number of hydrogen-bond donors (Lipinski definition) is 3. The lowest BCUT2D eigenvalue weighted by Gasteiger charge is -2.14. The van der Waals surface area contributed by atoms with Crippen LogP contribution in [-0.2, 0) is 16.0 Å². The molecule has 3 aromatic heterocycles. The fourth-order valence-corrected chi connectivity index (χ4v) is 7.36. The summed E-state index contributed by atoms with van der Waals surface area (Å²) in [6.07, 6.45) is -0.965. The van der Waals surface area contributed by atoms with E-state index in [0.717, 1.165) is 40.9 Å². The largest absolute Gasteiger partial charge is 0.481 e. The van der Waals surface area contributed by atoms with Gasteiger partial charge in [-0.2, -0.15) is 4.37 Å². The minimum Gasteiger partial charge on any atom is -0.481 e. The number of carboxylic acid groups (broad SMARTS) is 1. The van der Waals surface area contributed by atoms with E-state index in [0.29, 0.717) is 16.9 Å². The highest BCUT2D eigenvalue weighted by Crippen LogP contribution is 2.46. The normalized spacial score (nSPS) is 11.9. The van der Waals surface area contributed by atoms with Gasteiger partial charge in [0.1, 0.15) is 6.10 Å². The first-order valence-corrected chi connectivity index (χ1v) is 13.8. The second-order valence-corrected chi connectivity index (χ2v) is 11.4. The molecule has 4 N–H and O–H groups in total. The van der Waals surface area contributed by atoms with Crippen LogP contribution in [0.5, 0.6) is 0 Å². The number of anilines is 2. The van der Waals surface area contributed by atoms with Gasteiger partial charge in [-0.1, -0.05) is 42.5 Å². The van der Waals surface area contributed by atoms with Crippen molar-refractivity contribution in [1.82, 2.24) is 4.37 Å². The van der Waals surface area contributed by atoms with E-state index in [4.69, 9.17) is 15.6 Å². The van der Waals surface area contributed by atoms with Crippen LogP contribution in [0.25, 0.3) is 29.6 Å². The van der Waals surface area contributed by atoms with Gasteiger partial charge in [0.15, 0.2) is 0 Å². The maximum Gasteiger partial charge on any atom is 0.412 e. The van der Waals surface area contributed by atoms with Gasteiger partial charge in [0, 0.05) is 25.5 Å². The van der Waals surface area contributed by atoms with Crippen LogP contribution in [-0.4, -0.2) is 21.5 Å². The summed E-state index contributed by atoms with van der Waals surface area (Å²) < 4.78 is 12.3. The van der Waals surface area contributed by atoms with Crippen molar-refractivity contribution in [1.29, 1.82) is 0 Å². The number of amides is 1. The molecule has 5 rings (SSSR count). The van der Waals surface area contributed by atoms with Crippen molar-refractivity contribution >= 4 is 67.0 Å². The Bertz CT molecular complexity index is 1570. The van der Waals surface area contributed by atoms with Crippen LogP contribution in [0, 0.1) is 6.92 Å². The zero-order chi connectivity index (χ0) is 26.1. The standard InChI is InChI=1S/C27H23N3O4S3/c1-14-25(29-27(33)34-15(2)17-6-4-3-5-7-17)26(37-30-14)23-13-22-21(36-23)12-20(35-22)18-9-8-16(10-19(18)28)11-24(31)32/h3-10,12-13,15H,11,28H2,1-2H3,(H,29,33)(H,31,32). The number of carbonyl (C=O) groups excluding carboxylic acids is 1. The fourth-order valence-electron chi connectivity index (χ4n) is 3.97. The highest BCUT2D eigenvalue weighted by Gasteiger charge is 2.20. The zero-order valence-corrected chi connectivity index (χ0v) is 22.4. The first-order chi connectivity index (χ1) is 17.8. The average molecular weight is 550 g/mol. The molecule has 1 atom stereocenters. The molecule has 0 fully saturated rings. The van der Waals surface area contributed by atoms with Gasteiger partial charge in [-0.15, -0.1) is 22.7 Å². The van der Waals surface area contributed by atoms with Crippen molar-refractivity contribution in [2.75, 3.05) is 11.1 Å². The number of nitrogen functional groups attached to an aromatic ring is 1. The number of nitrogens with one attached hydrogen (secondary N) is 1. The van der Waals surface area contributed by atoms with E-state index in [1.165, 1.54) is 11.5 Å². The van der Waals surface area contributed by atoms with Crippen molar-refractivity contribution in [3.05, 3.63) is 77.5 Å². The number of rotatable bonds is 7. The van der Waals surface area contributed by atoms with Crippen LogP contribution in [0.15, 0.2) is 60.7 Å². The maximum atomic E-state index is 12.7. The number of nitrogens with two attached hydrogens (primary N) is 1. The van der Waals surface area contributed by atoms with E-state index in [9.17, 15) is 9.59 Å². The van der Waals surface area contributed by atoms with E-state index in [2.05, 4.69) is 21.8 Å². The Morgan fingerprint density at radius 2 is 1.76 bits per heavy atom. The molecule has 2 aromatic carbocycles. The molecule has 188 valence electrons. The molecule has 0 aliphatic heterocycles. The van der Waals surface area contributed by atoms with E-state index >= 15 is 0 Å². The molecule has 3 heterocycles. The van der Waals surface area contributed by atoms with Gasteiger partial charge in [-0.3, -0.25) is 10.1 Å². The Hall–Kier alpha value is -3.73. The summed E-state index contributed by atoms with van der Waals surface area (Å²) >= 11 is 4.58. The highest BCUT2D eigenvalue weighted by atomic mass is 32.1. The van der Waals surface area contributed by atoms with Crippen LogP contribution >= 0.6 is 34.2 Å². The van der Waals surface area contributed by atoms with E-state index in [-0.39, 0.29) is 12.5 Å².